The molecule has 0 bridgehead atoms. The van der Waals surface area contributed by atoms with E-state index in [1.807, 2.05) is 0 Å². The van der Waals surface area contributed by atoms with Crippen molar-refractivity contribution in [2.75, 3.05) is 0 Å². The number of fused-ring (bicyclic) bond motifs is 2. The summed E-state index contributed by atoms with van der Waals surface area (Å²) < 4.78 is 0. The Morgan fingerprint density at radius 2 is 2.05 bits per heavy atom. The average molecular weight is 263 g/mol. The zero-order valence-electron chi connectivity index (χ0n) is 12.6. The zero-order chi connectivity index (χ0) is 14.3. The predicted molar refractivity (Wildman–Crippen MR) is 83.3 cm³/mol. The van der Waals surface area contributed by atoms with Crippen LogP contribution in [0.15, 0.2) is 35.4 Å². The first-order chi connectivity index (χ1) is 9.62. The number of nitriles is 1. The van der Waals surface area contributed by atoms with Gasteiger partial charge in [0.15, 0.2) is 0 Å². The van der Waals surface area contributed by atoms with Crippen LogP contribution in [0.3, 0.4) is 0 Å². The minimum absolute atomic E-state index is 0.371. The second kappa shape index (κ2) is 4.63. The van der Waals surface area contributed by atoms with Crippen LogP contribution in [0.2, 0.25) is 0 Å². The van der Waals surface area contributed by atoms with E-state index in [1.54, 1.807) is 0 Å². The van der Waals surface area contributed by atoms with Crippen molar-refractivity contribution in [2.24, 2.45) is 0 Å². The molecule has 1 heteroatoms. The van der Waals surface area contributed by atoms with Crippen LogP contribution in [0, 0.1) is 18.3 Å². The van der Waals surface area contributed by atoms with Gasteiger partial charge in [-0.1, -0.05) is 48.8 Å². The van der Waals surface area contributed by atoms with Crippen LogP contribution in [0.25, 0.3) is 5.57 Å². The highest BCUT2D eigenvalue weighted by Gasteiger charge is 2.44. The summed E-state index contributed by atoms with van der Waals surface area (Å²) in [6, 6.07) is 9.27. The van der Waals surface area contributed by atoms with Gasteiger partial charge in [-0.3, -0.25) is 0 Å². The molecule has 0 spiro atoms. The first kappa shape index (κ1) is 13.2. The van der Waals surface area contributed by atoms with Crippen LogP contribution in [0.5, 0.6) is 0 Å². The summed E-state index contributed by atoms with van der Waals surface area (Å²) in [7, 11) is 0. The molecule has 0 N–H and O–H groups in total. The van der Waals surface area contributed by atoms with Gasteiger partial charge in [0.25, 0.3) is 0 Å². The molecule has 1 nitrogen and oxygen atoms in total. The number of hydrogen-bond donors (Lipinski definition) is 0. The Bertz CT molecular complexity index is 669. The third-order valence-corrected chi connectivity index (χ3v) is 4.74. The van der Waals surface area contributed by atoms with Gasteiger partial charge < -0.3 is 0 Å². The fourth-order valence-electron chi connectivity index (χ4n) is 3.81. The lowest BCUT2D eigenvalue weighted by Gasteiger charge is -2.27. The minimum atomic E-state index is -0.371. The standard InChI is InChI=1S/C19H21N/c1-4-9-19(12-20)17-7-5-13(2)10-15(17)16-11-14(3)6-8-18(16)19/h5,7,10-11H,4,6,8-9H2,1-3H3. The third-order valence-electron chi connectivity index (χ3n) is 4.74. The van der Waals surface area contributed by atoms with Gasteiger partial charge in [-0.15, -0.1) is 0 Å². The smallest absolute Gasteiger partial charge is 0.105 e. The number of rotatable bonds is 2. The number of benzene rings is 1. The zero-order valence-corrected chi connectivity index (χ0v) is 12.6. The van der Waals surface area contributed by atoms with Crippen molar-refractivity contribution in [3.05, 3.63) is 52.1 Å². The molecule has 0 amide bonds. The van der Waals surface area contributed by atoms with Gasteiger partial charge in [-0.25, -0.2) is 0 Å². The fourth-order valence-corrected chi connectivity index (χ4v) is 3.81. The average Bonchev–Trinajstić information content (AvgIpc) is 2.69. The molecule has 0 radical (unpaired) electrons. The maximum Gasteiger partial charge on any atom is 0.105 e. The maximum atomic E-state index is 9.96. The van der Waals surface area contributed by atoms with E-state index in [1.165, 1.54) is 33.4 Å². The highest BCUT2D eigenvalue weighted by atomic mass is 14.5. The Morgan fingerprint density at radius 3 is 2.75 bits per heavy atom. The monoisotopic (exact) mass is 263 g/mol. The van der Waals surface area contributed by atoms with Gasteiger partial charge in [0, 0.05) is 0 Å². The number of nitrogens with zero attached hydrogens (tertiary/aromatic N) is 1. The van der Waals surface area contributed by atoms with Crippen LogP contribution in [-0.4, -0.2) is 0 Å². The Hall–Kier alpha value is -1.81. The lowest BCUT2D eigenvalue weighted by Crippen LogP contribution is -2.25. The third kappa shape index (κ3) is 1.68. The Kier molecular flexibility index (Phi) is 3.05. The maximum absolute atomic E-state index is 9.96. The van der Waals surface area contributed by atoms with Crippen molar-refractivity contribution in [1.82, 2.24) is 0 Å². The Morgan fingerprint density at radius 1 is 1.25 bits per heavy atom. The van der Waals surface area contributed by atoms with Crippen LogP contribution in [0.1, 0.15) is 56.2 Å². The molecule has 102 valence electrons. The predicted octanol–water partition coefficient (Wildman–Crippen LogP) is 5.06. The van der Waals surface area contributed by atoms with Crippen molar-refractivity contribution in [1.29, 1.82) is 5.26 Å². The van der Waals surface area contributed by atoms with Crippen molar-refractivity contribution < 1.29 is 0 Å². The molecule has 0 aromatic heterocycles. The highest BCUT2D eigenvalue weighted by Crippen LogP contribution is 2.53. The van der Waals surface area contributed by atoms with Gasteiger partial charge in [-0.2, -0.15) is 5.26 Å². The largest absolute Gasteiger partial charge is 0.197 e. The highest BCUT2D eigenvalue weighted by molar-refractivity contribution is 5.89. The summed E-state index contributed by atoms with van der Waals surface area (Å²) in [5, 5.41) is 9.96. The summed E-state index contributed by atoms with van der Waals surface area (Å²) in [6.07, 6.45) is 6.43. The molecular weight excluding hydrogens is 242 g/mol. The fraction of sp³-hybridized carbons (Fsp3) is 0.421. The van der Waals surface area contributed by atoms with Crippen molar-refractivity contribution in [3.8, 4) is 6.07 Å². The Labute approximate surface area is 121 Å². The van der Waals surface area contributed by atoms with Crippen molar-refractivity contribution >= 4 is 5.57 Å². The molecule has 3 rings (SSSR count). The molecular formula is C19H21N. The van der Waals surface area contributed by atoms with Crippen LogP contribution >= 0.6 is 0 Å². The molecule has 20 heavy (non-hydrogen) atoms. The van der Waals surface area contributed by atoms with Gasteiger partial charge in [-0.05, 0) is 55.4 Å². The summed E-state index contributed by atoms with van der Waals surface area (Å²) in [5.41, 5.74) is 7.58. The first-order valence-corrected chi connectivity index (χ1v) is 7.56. The van der Waals surface area contributed by atoms with E-state index < -0.39 is 0 Å². The summed E-state index contributed by atoms with van der Waals surface area (Å²) in [4.78, 5) is 0. The van der Waals surface area contributed by atoms with E-state index in [2.05, 4.69) is 51.1 Å². The Balaban J connectivity index is 2.30. The second-order valence-corrected chi connectivity index (χ2v) is 6.20. The van der Waals surface area contributed by atoms with E-state index in [-0.39, 0.29) is 5.41 Å². The molecule has 1 aromatic carbocycles. The molecule has 0 fully saturated rings. The lowest BCUT2D eigenvalue weighted by atomic mass is 9.72. The number of aryl methyl sites for hydroxylation is 1. The molecule has 1 aromatic rings. The van der Waals surface area contributed by atoms with Crippen LogP contribution in [-0.2, 0) is 5.41 Å². The van der Waals surface area contributed by atoms with Crippen molar-refractivity contribution in [3.63, 3.8) is 0 Å². The number of hydrogen-bond acceptors (Lipinski definition) is 1. The normalized spacial score (nSPS) is 24.0. The molecule has 1 atom stereocenters. The lowest BCUT2D eigenvalue weighted by molar-refractivity contribution is 0.558. The second-order valence-electron chi connectivity index (χ2n) is 6.20. The summed E-state index contributed by atoms with van der Waals surface area (Å²) >= 11 is 0. The molecule has 2 aliphatic rings. The van der Waals surface area contributed by atoms with E-state index in [4.69, 9.17) is 0 Å². The first-order valence-electron chi connectivity index (χ1n) is 7.56. The molecule has 1 unspecified atom stereocenters. The topological polar surface area (TPSA) is 23.8 Å². The van der Waals surface area contributed by atoms with Gasteiger partial charge in [0.05, 0.1) is 6.07 Å². The number of allylic oxidation sites excluding steroid dienone is 4. The minimum Gasteiger partial charge on any atom is -0.197 e. The van der Waals surface area contributed by atoms with Gasteiger partial charge >= 0.3 is 0 Å². The summed E-state index contributed by atoms with van der Waals surface area (Å²) in [5.74, 6) is 0. The molecule has 0 saturated carbocycles. The van der Waals surface area contributed by atoms with E-state index >= 15 is 0 Å². The molecule has 0 aliphatic heterocycles. The quantitative estimate of drug-likeness (QED) is 0.731. The molecule has 0 heterocycles. The summed E-state index contributed by atoms with van der Waals surface area (Å²) in [6.45, 7) is 6.51. The molecule has 0 saturated heterocycles. The van der Waals surface area contributed by atoms with E-state index in [0.29, 0.717) is 0 Å². The molecule has 2 aliphatic carbocycles. The van der Waals surface area contributed by atoms with Crippen LogP contribution in [0.4, 0.5) is 0 Å². The van der Waals surface area contributed by atoms with Gasteiger partial charge in [0.1, 0.15) is 5.41 Å². The van der Waals surface area contributed by atoms with E-state index in [0.717, 1.165) is 25.7 Å². The van der Waals surface area contributed by atoms with Crippen molar-refractivity contribution in [2.45, 2.75) is 51.9 Å². The SMILES string of the molecule is CCCC1(C#N)C2=C(C=C(C)CC2)c2cc(C)ccc21. The van der Waals surface area contributed by atoms with Gasteiger partial charge in [0.2, 0.25) is 0 Å². The van der Waals surface area contributed by atoms with Crippen LogP contribution < -0.4 is 0 Å². The van der Waals surface area contributed by atoms with E-state index in [9.17, 15) is 5.26 Å².